The highest BCUT2D eigenvalue weighted by atomic mass is 32.2. The minimum Gasteiger partial charge on any atom is -0.341 e. The Morgan fingerprint density at radius 3 is 1.90 bits per heavy atom. The fraction of sp³-hybridized carbons (Fsp3) is 0.194. The molecule has 0 unspecified atom stereocenters. The van der Waals surface area contributed by atoms with Gasteiger partial charge in [-0.2, -0.15) is 8.42 Å². The zero-order chi connectivity index (χ0) is 27.1. The SMILES string of the molecule is C[Si]1(C)c2cc(N3CCc4ccccc43)ccc2C(=O)c2ccc(N3CCc4cc(S(=O)(=O)O)ccc43)cc21. The predicted molar refractivity (Wildman–Crippen MR) is 157 cm³/mol. The standard InChI is InChI=1S/C31H28N2O4SSi/c1-39(2)29-18-22(32-15-13-20-5-3-4-6-27(20)32)7-10-25(29)31(34)26-11-8-23(19-30(26)39)33-16-14-21-17-24(38(35,36)37)9-12-28(21)33/h3-12,17-19H,13-16H2,1-2H3,(H,35,36,37). The number of fused-ring (bicyclic) bond motifs is 4. The van der Waals surface area contributed by atoms with Crippen molar-refractivity contribution < 1.29 is 17.8 Å². The van der Waals surface area contributed by atoms with Crippen LogP contribution in [0.2, 0.25) is 13.1 Å². The van der Waals surface area contributed by atoms with Crippen molar-refractivity contribution in [2.45, 2.75) is 30.8 Å². The molecule has 39 heavy (non-hydrogen) atoms. The first kappa shape index (κ1) is 24.3. The van der Waals surface area contributed by atoms with Gasteiger partial charge in [0.25, 0.3) is 10.1 Å². The van der Waals surface area contributed by atoms with Crippen LogP contribution < -0.4 is 20.2 Å². The molecule has 3 aliphatic rings. The topological polar surface area (TPSA) is 77.9 Å². The highest BCUT2D eigenvalue weighted by Gasteiger charge is 2.40. The van der Waals surface area contributed by atoms with Crippen LogP contribution in [0.3, 0.4) is 0 Å². The Morgan fingerprint density at radius 1 is 0.718 bits per heavy atom. The van der Waals surface area contributed by atoms with Crippen LogP contribution in [0, 0.1) is 0 Å². The third-order valence-corrected chi connectivity index (χ3v) is 13.0. The van der Waals surface area contributed by atoms with Crippen molar-refractivity contribution in [1.82, 2.24) is 0 Å². The summed E-state index contributed by atoms with van der Waals surface area (Å²) in [5.41, 5.74) is 8.13. The molecule has 0 radical (unpaired) electrons. The largest absolute Gasteiger partial charge is 0.341 e. The summed E-state index contributed by atoms with van der Waals surface area (Å²) in [7, 11) is -6.49. The molecular formula is C31H28N2O4SSi. The number of carbonyl (C=O) groups is 1. The highest BCUT2D eigenvalue weighted by Crippen LogP contribution is 2.38. The molecule has 0 aliphatic carbocycles. The molecule has 0 saturated carbocycles. The molecular weight excluding hydrogens is 525 g/mol. The molecule has 7 rings (SSSR count). The summed E-state index contributed by atoms with van der Waals surface area (Å²) >= 11 is 0. The van der Waals surface area contributed by atoms with Gasteiger partial charge in [0.15, 0.2) is 5.78 Å². The Labute approximate surface area is 229 Å². The second-order valence-electron chi connectivity index (χ2n) is 11.1. The van der Waals surface area contributed by atoms with Crippen LogP contribution in [0.15, 0.2) is 83.8 Å². The lowest BCUT2D eigenvalue weighted by molar-refractivity contribution is 0.104. The molecule has 0 bridgehead atoms. The smallest absolute Gasteiger partial charge is 0.294 e. The number of carbonyl (C=O) groups excluding carboxylic acids is 1. The number of anilines is 4. The van der Waals surface area contributed by atoms with Gasteiger partial charge < -0.3 is 9.80 Å². The Morgan fingerprint density at radius 2 is 1.28 bits per heavy atom. The second-order valence-corrected chi connectivity index (χ2v) is 16.9. The molecule has 6 nitrogen and oxygen atoms in total. The Hall–Kier alpha value is -3.72. The van der Waals surface area contributed by atoms with Gasteiger partial charge in [-0.1, -0.05) is 31.3 Å². The summed E-state index contributed by atoms with van der Waals surface area (Å²) in [6.07, 6.45) is 1.70. The lowest BCUT2D eigenvalue weighted by Crippen LogP contribution is -2.60. The van der Waals surface area contributed by atoms with E-state index < -0.39 is 18.2 Å². The van der Waals surface area contributed by atoms with Crippen molar-refractivity contribution in [3.8, 4) is 0 Å². The zero-order valence-electron chi connectivity index (χ0n) is 21.8. The van der Waals surface area contributed by atoms with Gasteiger partial charge in [0, 0.05) is 47.0 Å². The molecule has 0 atom stereocenters. The van der Waals surface area contributed by atoms with Crippen LogP contribution in [0.4, 0.5) is 22.7 Å². The third kappa shape index (κ3) is 3.70. The van der Waals surface area contributed by atoms with E-state index >= 15 is 0 Å². The third-order valence-electron chi connectivity index (χ3n) is 8.60. The molecule has 4 aromatic rings. The van der Waals surface area contributed by atoms with E-state index in [0.717, 1.165) is 51.9 Å². The molecule has 0 saturated heterocycles. The number of para-hydroxylation sites is 1. The van der Waals surface area contributed by atoms with Gasteiger partial charge in [0.2, 0.25) is 0 Å². The first-order valence-corrected chi connectivity index (χ1v) is 17.6. The number of rotatable bonds is 3. The number of hydrogen-bond donors (Lipinski definition) is 1. The Bertz CT molecular complexity index is 1820. The average Bonchev–Trinajstić information content (AvgIpc) is 3.55. The van der Waals surface area contributed by atoms with Gasteiger partial charge in [-0.3, -0.25) is 9.35 Å². The Balaban J connectivity index is 1.29. The average molecular weight is 553 g/mol. The van der Waals surface area contributed by atoms with Crippen LogP contribution in [0.5, 0.6) is 0 Å². The molecule has 0 spiro atoms. The van der Waals surface area contributed by atoms with Gasteiger partial charge in [0.1, 0.15) is 8.07 Å². The fourth-order valence-electron chi connectivity index (χ4n) is 6.53. The maximum absolute atomic E-state index is 13.7. The molecule has 0 fully saturated rings. The number of nitrogens with zero attached hydrogens (tertiary/aromatic N) is 2. The van der Waals surface area contributed by atoms with Crippen LogP contribution in [0.25, 0.3) is 0 Å². The van der Waals surface area contributed by atoms with Crippen molar-refractivity contribution in [1.29, 1.82) is 0 Å². The second kappa shape index (κ2) is 8.39. The summed E-state index contributed by atoms with van der Waals surface area (Å²) in [5, 5.41) is 2.29. The maximum Gasteiger partial charge on any atom is 0.294 e. The van der Waals surface area contributed by atoms with Crippen molar-refractivity contribution in [3.63, 3.8) is 0 Å². The first-order chi connectivity index (χ1) is 18.6. The highest BCUT2D eigenvalue weighted by molar-refractivity contribution is 7.85. The first-order valence-electron chi connectivity index (χ1n) is 13.2. The van der Waals surface area contributed by atoms with E-state index in [0.29, 0.717) is 13.0 Å². The molecule has 0 amide bonds. The summed E-state index contributed by atoms with van der Waals surface area (Å²) in [6.45, 7) is 6.27. The summed E-state index contributed by atoms with van der Waals surface area (Å²) in [4.78, 5) is 18.2. The van der Waals surface area contributed by atoms with Gasteiger partial charge in [-0.15, -0.1) is 0 Å². The van der Waals surface area contributed by atoms with E-state index in [2.05, 4.69) is 65.4 Å². The zero-order valence-corrected chi connectivity index (χ0v) is 23.6. The van der Waals surface area contributed by atoms with E-state index in [1.807, 2.05) is 18.2 Å². The number of hydrogen-bond acceptors (Lipinski definition) is 5. The van der Waals surface area contributed by atoms with E-state index in [-0.39, 0.29) is 10.7 Å². The van der Waals surface area contributed by atoms with Crippen LogP contribution in [0.1, 0.15) is 27.0 Å². The summed E-state index contributed by atoms with van der Waals surface area (Å²) in [6, 6.07) is 25.8. The van der Waals surface area contributed by atoms with Crippen molar-refractivity contribution in [3.05, 3.63) is 101 Å². The molecule has 8 heteroatoms. The van der Waals surface area contributed by atoms with Crippen molar-refractivity contribution in [2.24, 2.45) is 0 Å². The minimum absolute atomic E-state index is 0.0753. The lowest BCUT2D eigenvalue weighted by Gasteiger charge is -2.35. The van der Waals surface area contributed by atoms with E-state index in [4.69, 9.17) is 0 Å². The number of benzene rings is 4. The maximum atomic E-state index is 13.7. The van der Waals surface area contributed by atoms with Gasteiger partial charge in [-0.25, -0.2) is 0 Å². The molecule has 0 aromatic heterocycles. The lowest BCUT2D eigenvalue weighted by atomic mass is 10.0. The van der Waals surface area contributed by atoms with Gasteiger partial charge in [-0.05, 0) is 95.0 Å². The van der Waals surface area contributed by atoms with Crippen molar-refractivity contribution >= 4 is 57.1 Å². The molecule has 3 aliphatic heterocycles. The molecule has 196 valence electrons. The Kier molecular flexibility index (Phi) is 5.23. The van der Waals surface area contributed by atoms with Gasteiger partial charge >= 0.3 is 0 Å². The van der Waals surface area contributed by atoms with E-state index in [9.17, 15) is 17.8 Å². The normalized spacial score (nSPS) is 17.1. The van der Waals surface area contributed by atoms with E-state index in [1.54, 1.807) is 12.1 Å². The minimum atomic E-state index is -4.25. The van der Waals surface area contributed by atoms with Crippen LogP contribution in [-0.2, 0) is 23.0 Å². The van der Waals surface area contributed by atoms with Gasteiger partial charge in [0.05, 0.1) is 4.90 Å². The predicted octanol–water partition coefficient (Wildman–Crippen LogP) is 4.69. The number of ketones is 1. The van der Waals surface area contributed by atoms with Crippen LogP contribution in [-0.4, -0.2) is 39.9 Å². The van der Waals surface area contributed by atoms with Crippen molar-refractivity contribution in [2.75, 3.05) is 22.9 Å². The van der Waals surface area contributed by atoms with Crippen LogP contribution >= 0.6 is 0 Å². The fourth-order valence-corrected chi connectivity index (χ4v) is 10.1. The summed E-state index contributed by atoms with van der Waals surface area (Å²) in [5.74, 6) is 0.0753. The molecule has 3 heterocycles. The monoisotopic (exact) mass is 552 g/mol. The van der Waals surface area contributed by atoms with E-state index in [1.165, 1.54) is 22.5 Å². The summed E-state index contributed by atoms with van der Waals surface area (Å²) < 4.78 is 32.7. The quantitative estimate of drug-likeness (QED) is 0.294. The molecule has 1 N–H and O–H groups in total. The molecule has 4 aromatic carbocycles.